The van der Waals surface area contributed by atoms with Gasteiger partial charge in [-0.05, 0) is 24.6 Å². The van der Waals surface area contributed by atoms with Crippen LogP contribution < -0.4 is 5.76 Å². The number of oxazole rings is 1. The number of alkyl halides is 1. The molecule has 6 heteroatoms. The Bertz CT molecular complexity index is 643. The average Bonchev–Trinajstić information content (AvgIpc) is 2.64. The molecule has 0 fully saturated rings. The van der Waals surface area contributed by atoms with E-state index in [9.17, 15) is 9.59 Å². The number of ether oxygens (including phenoxy) is 1. The van der Waals surface area contributed by atoms with Crippen LogP contribution >= 0.6 is 11.6 Å². The Kier molecular flexibility index (Phi) is 3.43. The minimum Gasteiger partial charge on any atom is -0.465 e. The summed E-state index contributed by atoms with van der Waals surface area (Å²) in [6.07, 6.45) is 0. The van der Waals surface area contributed by atoms with Crippen LogP contribution in [-0.4, -0.2) is 17.1 Å². The minimum atomic E-state index is -0.889. The predicted molar refractivity (Wildman–Crippen MR) is 66.7 cm³/mol. The van der Waals surface area contributed by atoms with Crippen molar-refractivity contribution in [2.75, 3.05) is 6.61 Å². The lowest BCUT2D eigenvalue weighted by Gasteiger charge is -2.08. The molecule has 5 nitrogen and oxygen atoms in total. The van der Waals surface area contributed by atoms with Crippen molar-refractivity contribution in [3.05, 3.63) is 34.3 Å². The fourth-order valence-electron chi connectivity index (χ4n) is 1.65. The van der Waals surface area contributed by atoms with Crippen LogP contribution in [0, 0.1) is 0 Å². The van der Waals surface area contributed by atoms with Gasteiger partial charge in [0.05, 0.1) is 12.1 Å². The maximum Gasteiger partial charge on any atom is 0.419 e. The second-order valence-corrected chi connectivity index (χ2v) is 4.21. The van der Waals surface area contributed by atoms with E-state index in [1.165, 1.54) is 4.57 Å². The fourth-order valence-corrected chi connectivity index (χ4v) is 1.85. The Balaban J connectivity index is 2.43. The molecule has 18 heavy (non-hydrogen) atoms. The summed E-state index contributed by atoms with van der Waals surface area (Å²) in [7, 11) is 1.59. The molecule has 0 bridgehead atoms. The summed E-state index contributed by atoms with van der Waals surface area (Å²) in [4.78, 5) is 22.9. The minimum absolute atomic E-state index is 0.272. The van der Waals surface area contributed by atoms with Crippen LogP contribution in [0.15, 0.2) is 27.4 Å². The third kappa shape index (κ3) is 2.13. The number of rotatable bonds is 3. The number of hydrogen-bond donors (Lipinski definition) is 0. The van der Waals surface area contributed by atoms with Gasteiger partial charge in [0.15, 0.2) is 11.0 Å². The van der Waals surface area contributed by atoms with Gasteiger partial charge >= 0.3 is 11.7 Å². The van der Waals surface area contributed by atoms with E-state index in [0.29, 0.717) is 16.7 Å². The number of fused-ring (bicyclic) bond motifs is 1. The molecule has 0 radical (unpaired) electrons. The Labute approximate surface area is 108 Å². The number of aromatic nitrogens is 1. The van der Waals surface area contributed by atoms with Crippen LogP contribution in [0.5, 0.6) is 0 Å². The largest absolute Gasteiger partial charge is 0.465 e. The van der Waals surface area contributed by atoms with Gasteiger partial charge in [-0.2, -0.15) is 0 Å². The van der Waals surface area contributed by atoms with Crippen LogP contribution in [0.3, 0.4) is 0 Å². The first kappa shape index (κ1) is 12.7. The van der Waals surface area contributed by atoms with E-state index >= 15 is 0 Å². The average molecular weight is 270 g/mol. The first-order valence-corrected chi connectivity index (χ1v) is 5.88. The van der Waals surface area contributed by atoms with Crippen LogP contribution in [0.25, 0.3) is 11.1 Å². The monoisotopic (exact) mass is 269 g/mol. The molecule has 0 saturated carbocycles. The number of carbonyl (C=O) groups is 1. The molecule has 0 aliphatic rings. The molecule has 0 aliphatic carbocycles. The number of aryl methyl sites for hydroxylation is 1. The van der Waals surface area contributed by atoms with Crippen molar-refractivity contribution >= 4 is 28.7 Å². The van der Waals surface area contributed by atoms with Gasteiger partial charge in [0, 0.05) is 7.05 Å². The summed E-state index contributed by atoms with van der Waals surface area (Å²) in [5.74, 6) is -0.962. The van der Waals surface area contributed by atoms with E-state index in [4.69, 9.17) is 20.8 Å². The van der Waals surface area contributed by atoms with Gasteiger partial charge in [-0.1, -0.05) is 6.07 Å². The van der Waals surface area contributed by atoms with Crippen molar-refractivity contribution in [3.8, 4) is 0 Å². The second kappa shape index (κ2) is 4.86. The predicted octanol–water partition coefficient (Wildman–Crippen LogP) is 1.97. The van der Waals surface area contributed by atoms with Gasteiger partial charge in [0.1, 0.15) is 0 Å². The zero-order chi connectivity index (χ0) is 13.3. The van der Waals surface area contributed by atoms with Crippen molar-refractivity contribution < 1.29 is 13.9 Å². The van der Waals surface area contributed by atoms with Crippen molar-refractivity contribution in [1.29, 1.82) is 0 Å². The first-order valence-electron chi connectivity index (χ1n) is 5.44. The van der Waals surface area contributed by atoms with E-state index in [2.05, 4.69) is 0 Å². The van der Waals surface area contributed by atoms with Gasteiger partial charge in [-0.3, -0.25) is 9.36 Å². The summed E-state index contributed by atoms with van der Waals surface area (Å²) >= 11 is 6.00. The Hall–Kier alpha value is -1.75. The molecule has 0 saturated heterocycles. The highest BCUT2D eigenvalue weighted by Crippen LogP contribution is 2.25. The molecule has 0 aliphatic heterocycles. The van der Waals surface area contributed by atoms with Crippen molar-refractivity contribution in [1.82, 2.24) is 4.57 Å². The zero-order valence-corrected chi connectivity index (χ0v) is 10.7. The molecular formula is C12H12ClNO4. The zero-order valence-electron chi connectivity index (χ0n) is 9.97. The molecule has 1 aromatic heterocycles. The molecule has 2 aromatic rings. The number of benzene rings is 1. The summed E-state index contributed by atoms with van der Waals surface area (Å²) in [6, 6.07) is 4.90. The lowest BCUT2D eigenvalue weighted by molar-refractivity contribution is -0.142. The van der Waals surface area contributed by atoms with Crippen LogP contribution in [0.1, 0.15) is 17.9 Å². The molecule has 0 spiro atoms. The molecule has 0 N–H and O–H groups in total. The molecule has 96 valence electrons. The lowest BCUT2D eigenvalue weighted by atomic mass is 10.1. The smallest absolute Gasteiger partial charge is 0.419 e. The molecular weight excluding hydrogens is 258 g/mol. The Morgan fingerprint density at radius 2 is 2.28 bits per heavy atom. The normalized spacial score (nSPS) is 12.6. The lowest BCUT2D eigenvalue weighted by Crippen LogP contribution is -2.11. The molecule has 2 rings (SSSR count). The van der Waals surface area contributed by atoms with E-state index in [0.717, 1.165) is 0 Å². The van der Waals surface area contributed by atoms with Crippen molar-refractivity contribution in [3.63, 3.8) is 0 Å². The fraction of sp³-hybridized carbons (Fsp3) is 0.333. The molecule has 1 aromatic carbocycles. The number of halogens is 1. The number of nitrogens with zero attached hydrogens (tertiary/aromatic N) is 1. The quantitative estimate of drug-likeness (QED) is 0.631. The van der Waals surface area contributed by atoms with Gasteiger partial charge < -0.3 is 9.15 Å². The highest BCUT2D eigenvalue weighted by atomic mass is 35.5. The van der Waals surface area contributed by atoms with E-state index < -0.39 is 17.1 Å². The number of hydrogen-bond acceptors (Lipinski definition) is 4. The van der Waals surface area contributed by atoms with Gasteiger partial charge in [-0.25, -0.2) is 4.79 Å². The van der Waals surface area contributed by atoms with E-state index in [1.54, 1.807) is 32.2 Å². The van der Waals surface area contributed by atoms with E-state index in [1.807, 2.05) is 0 Å². The van der Waals surface area contributed by atoms with Gasteiger partial charge in [0.2, 0.25) is 0 Å². The standard InChI is InChI=1S/C12H12ClNO4/c1-3-17-11(15)10(13)7-4-5-9-8(6-7)14(2)12(16)18-9/h4-6,10H,3H2,1-2H3. The topological polar surface area (TPSA) is 61.4 Å². The van der Waals surface area contributed by atoms with Crippen LogP contribution in [-0.2, 0) is 16.6 Å². The summed E-state index contributed by atoms with van der Waals surface area (Å²) < 4.78 is 11.2. The third-order valence-electron chi connectivity index (χ3n) is 2.60. The van der Waals surface area contributed by atoms with Crippen molar-refractivity contribution in [2.24, 2.45) is 7.05 Å². The SMILES string of the molecule is CCOC(=O)C(Cl)c1ccc2oc(=O)n(C)c2c1. The molecule has 1 atom stereocenters. The van der Waals surface area contributed by atoms with Crippen LogP contribution in [0.4, 0.5) is 0 Å². The molecule has 1 unspecified atom stereocenters. The summed E-state index contributed by atoms with van der Waals surface area (Å²) in [5.41, 5.74) is 1.62. The maximum atomic E-state index is 11.5. The van der Waals surface area contributed by atoms with Crippen molar-refractivity contribution in [2.45, 2.75) is 12.3 Å². The Morgan fingerprint density at radius 1 is 1.56 bits per heavy atom. The third-order valence-corrected chi connectivity index (χ3v) is 3.03. The highest BCUT2D eigenvalue weighted by molar-refractivity contribution is 6.30. The number of carbonyl (C=O) groups excluding carboxylic acids is 1. The summed E-state index contributed by atoms with van der Waals surface area (Å²) in [5, 5.41) is -0.889. The molecule has 1 heterocycles. The summed E-state index contributed by atoms with van der Waals surface area (Å²) in [6.45, 7) is 1.99. The molecule has 0 amide bonds. The number of esters is 1. The highest BCUT2D eigenvalue weighted by Gasteiger charge is 2.20. The van der Waals surface area contributed by atoms with Gasteiger partial charge in [0.25, 0.3) is 0 Å². The second-order valence-electron chi connectivity index (χ2n) is 3.77. The van der Waals surface area contributed by atoms with Crippen LogP contribution in [0.2, 0.25) is 0 Å². The first-order chi connectivity index (χ1) is 8.54. The van der Waals surface area contributed by atoms with Gasteiger partial charge in [-0.15, -0.1) is 11.6 Å². The van der Waals surface area contributed by atoms with E-state index in [-0.39, 0.29) is 6.61 Å². The Morgan fingerprint density at radius 3 is 2.94 bits per heavy atom. The maximum absolute atomic E-state index is 11.5.